The lowest BCUT2D eigenvalue weighted by molar-refractivity contribution is 0.0474. The first-order chi connectivity index (χ1) is 12.7. The quantitative estimate of drug-likeness (QED) is 0.396. The van der Waals surface area contributed by atoms with Crippen LogP contribution in [0.25, 0.3) is 0 Å². The maximum absolute atomic E-state index is 13.3. The SMILES string of the molecule is COC[C@H](C)n1c(C)cc(C(=O)COC(=O)c2cc(F)c(F)cc2Cl)c1C. The molecule has 8 heteroatoms. The standard InChI is InChI=1S/C19H20ClF2NO4/c1-10-5-13(12(3)23(10)11(2)8-26-4)18(24)9-27-19(25)14-6-16(21)17(22)7-15(14)20/h5-7,11H,8-9H2,1-4H3/t11-/m0/s1. The Kier molecular flexibility index (Phi) is 6.73. The number of rotatable bonds is 7. The molecule has 0 N–H and O–H groups in total. The number of aromatic nitrogens is 1. The molecular weight excluding hydrogens is 380 g/mol. The second-order valence-electron chi connectivity index (χ2n) is 6.20. The highest BCUT2D eigenvalue weighted by Crippen LogP contribution is 2.23. The van der Waals surface area contributed by atoms with Crippen molar-refractivity contribution in [3.05, 3.63) is 57.4 Å². The average Bonchev–Trinajstić information content (AvgIpc) is 2.90. The van der Waals surface area contributed by atoms with E-state index in [2.05, 4.69) is 0 Å². The van der Waals surface area contributed by atoms with Crippen LogP contribution >= 0.6 is 11.6 Å². The maximum atomic E-state index is 13.3. The third-order valence-corrected chi connectivity index (χ3v) is 4.51. The summed E-state index contributed by atoms with van der Waals surface area (Å²) in [5.74, 6) is -3.82. The second-order valence-corrected chi connectivity index (χ2v) is 6.61. The van der Waals surface area contributed by atoms with Gasteiger partial charge in [0, 0.05) is 24.1 Å². The van der Waals surface area contributed by atoms with Gasteiger partial charge in [0.05, 0.1) is 23.2 Å². The molecule has 5 nitrogen and oxygen atoms in total. The lowest BCUT2D eigenvalue weighted by Crippen LogP contribution is -2.17. The van der Waals surface area contributed by atoms with Crippen molar-refractivity contribution in [3.8, 4) is 0 Å². The summed E-state index contributed by atoms with van der Waals surface area (Å²) < 4.78 is 38.4. The van der Waals surface area contributed by atoms with Crippen molar-refractivity contribution in [1.82, 2.24) is 4.57 Å². The summed E-state index contributed by atoms with van der Waals surface area (Å²) in [6.07, 6.45) is 0. The molecule has 0 unspecified atom stereocenters. The number of ketones is 1. The van der Waals surface area contributed by atoms with Crippen molar-refractivity contribution >= 4 is 23.4 Å². The number of aryl methyl sites for hydroxylation is 1. The first-order valence-electron chi connectivity index (χ1n) is 8.19. The predicted octanol–water partition coefficient (Wildman–Crippen LogP) is 4.28. The normalized spacial score (nSPS) is 12.1. The minimum absolute atomic E-state index is 0.0279. The fourth-order valence-corrected chi connectivity index (χ4v) is 3.25. The summed E-state index contributed by atoms with van der Waals surface area (Å²) >= 11 is 5.73. The Bertz CT molecular complexity index is 879. The maximum Gasteiger partial charge on any atom is 0.340 e. The third kappa shape index (κ3) is 4.54. The third-order valence-electron chi connectivity index (χ3n) is 4.20. The van der Waals surface area contributed by atoms with Gasteiger partial charge in [-0.2, -0.15) is 0 Å². The van der Waals surface area contributed by atoms with Crippen molar-refractivity contribution in [3.63, 3.8) is 0 Å². The zero-order chi connectivity index (χ0) is 20.3. The number of halogens is 3. The summed E-state index contributed by atoms with van der Waals surface area (Å²) in [6, 6.07) is 3.06. The molecule has 2 rings (SSSR count). The number of carbonyl (C=O) groups excluding carboxylic acids is 2. The van der Waals surface area contributed by atoms with Crippen LogP contribution in [0.15, 0.2) is 18.2 Å². The van der Waals surface area contributed by atoms with E-state index in [-0.39, 0.29) is 16.6 Å². The topological polar surface area (TPSA) is 57.5 Å². The lowest BCUT2D eigenvalue weighted by atomic mass is 10.1. The first kappa shape index (κ1) is 21.1. The Balaban J connectivity index is 2.13. The monoisotopic (exact) mass is 399 g/mol. The minimum atomic E-state index is -1.23. The van der Waals surface area contributed by atoms with Crippen LogP contribution in [0.5, 0.6) is 0 Å². The molecule has 27 heavy (non-hydrogen) atoms. The number of methoxy groups -OCH3 is 1. The molecule has 1 aromatic heterocycles. The molecule has 1 atom stereocenters. The zero-order valence-corrected chi connectivity index (χ0v) is 16.2. The highest BCUT2D eigenvalue weighted by Gasteiger charge is 2.21. The summed E-state index contributed by atoms with van der Waals surface area (Å²) in [4.78, 5) is 24.5. The van der Waals surface area contributed by atoms with E-state index >= 15 is 0 Å². The number of Topliss-reactive ketones (excluding diaryl/α,β-unsaturated/α-hetero) is 1. The van der Waals surface area contributed by atoms with Gasteiger partial charge in [0.15, 0.2) is 18.2 Å². The summed E-state index contributed by atoms with van der Waals surface area (Å²) in [6.45, 7) is 5.55. The Morgan fingerprint density at radius 2 is 1.78 bits per heavy atom. The van der Waals surface area contributed by atoms with E-state index in [1.165, 1.54) is 0 Å². The molecule has 0 aliphatic carbocycles. The molecule has 2 aromatic rings. The van der Waals surface area contributed by atoms with Crippen LogP contribution in [0.2, 0.25) is 5.02 Å². The predicted molar refractivity (Wildman–Crippen MR) is 96.5 cm³/mol. The zero-order valence-electron chi connectivity index (χ0n) is 15.4. The molecule has 0 bridgehead atoms. The van der Waals surface area contributed by atoms with Gasteiger partial charge in [-0.25, -0.2) is 13.6 Å². The smallest absolute Gasteiger partial charge is 0.340 e. The highest BCUT2D eigenvalue weighted by atomic mass is 35.5. The number of esters is 1. The van der Waals surface area contributed by atoms with Crippen LogP contribution in [0.1, 0.15) is 45.1 Å². The summed E-state index contributed by atoms with van der Waals surface area (Å²) in [5.41, 5.74) is 1.67. The van der Waals surface area contributed by atoms with E-state index in [0.717, 1.165) is 11.4 Å². The summed E-state index contributed by atoms with van der Waals surface area (Å²) in [7, 11) is 1.60. The van der Waals surface area contributed by atoms with Gasteiger partial charge in [-0.05, 0) is 39.0 Å². The molecule has 0 spiro atoms. The minimum Gasteiger partial charge on any atom is -0.454 e. The van der Waals surface area contributed by atoms with E-state index in [9.17, 15) is 18.4 Å². The van der Waals surface area contributed by atoms with E-state index in [0.29, 0.717) is 24.3 Å². The van der Waals surface area contributed by atoms with Crippen LogP contribution in [-0.4, -0.2) is 36.6 Å². The average molecular weight is 400 g/mol. The molecule has 0 aliphatic heterocycles. The van der Waals surface area contributed by atoms with Gasteiger partial charge in [-0.15, -0.1) is 0 Å². The van der Waals surface area contributed by atoms with Gasteiger partial charge in [-0.3, -0.25) is 4.79 Å². The van der Waals surface area contributed by atoms with Crippen LogP contribution < -0.4 is 0 Å². The molecule has 0 saturated carbocycles. The number of benzene rings is 1. The van der Waals surface area contributed by atoms with Gasteiger partial charge in [0.2, 0.25) is 5.78 Å². The fraction of sp³-hybridized carbons (Fsp3) is 0.368. The molecule has 1 aromatic carbocycles. The van der Waals surface area contributed by atoms with E-state index in [1.54, 1.807) is 20.1 Å². The Hall–Kier alpha value is -2.25. The van der Waals surface area contributed by atoms with Crippen LogP contribution in [-0.2, 0) is 9.47 Å². The largest absolute Gasteiger partial charge is 0.454 e. The molecule has 0 amide bonds. The molecule has 1 heterocycles. The molecular formula is C19H20ClF2NO4. The van der Waals surface area contributed by atoms with Crippen molar-refractivity contribution < 1.29 is 27.8 Å². The van der Waals surface area contributed by atoms with Crippen molar-refractivity contribution in [1.29, 1.82) is 0 Å². The number of ether oxygens (including phenoxy) is 2. The van der Waals surface area contributed by atoms with E-state index in [1.807, 2.05) is 18.4 Å². The molecule has 146 valence electrons. The van der Waals surface area contributed by atoms with Crippen molar-refractivity contribution in [2.24, 2.45) is 0 Å². The van der Waals surface area contributed by atoms with Gasteiger partial charge in [-0.1, -0.05) is 11.6 Å². The van der Waals surface area contributed by atoms with Crippen molar-refractivity contribution in [2.75, 3.05) is 20.3 Å². The lowest BCUT2D eigenvalue weighted by Gasteiger charge is -2.17. The van der Waals surface area contributed by atoms with Gasteiger partial charge in [0.25, 0.3) is 0 Å². The highest BCUT2D eigenvalue weighted by molar-refractivity contribution is 6.33. The number of nitrogens with zero attached hydrogens (tertiary/aromatic N) is 1. The Morgan fingerprint density at radius 3 is 2.41 bits per heavy atom. The molecule has 0 saturated heterocycles. The van der Waals surface area contributed by atoms with Crippen molar-refractivity contribution in [2.45, 2.75) is 26.8 Å². The van der Waals surface area contributed by atoms with Gasteiger partial charge in [0.1, 0.15) is 0 Å². The molecule has 0 aliphatic rings. The van der Waals surface area contributed by atoms with E-state index < -0.39 is 30.0 Å². The van der Waals surface area contributed by atoms with Crippen LogP contribution in [0, 0.1) is 25.5 Å². The Morgan fingerprint density at radius 1 is 1.15 bits per heavy atom. The van der Waals surface area contributed by atoms with Gasteiger partial charge >= 0.3 is 5.97 Å². The Labute approximate surface area is 160 Å². The summed E-state index contributed by atoms with van der Waals surface area (Å²) in [5, 5.41) is -0.294. The number of hydrogen-bond donors (Lipinski definition) is 0. The van der Waals surface area contributed by atoms with Gasteiger partial charge < -0.3 is 14.0 Å². The molecule has 0 fully saturated rings. The molecule has 0 radical (unpaired) electrons. The van der Waals surface area contributed by atoms with Crippen LogP contribution in [0.3, 0.4) is 0 Å². The number of hydrogen-bond acceptors (Lipinski definition) is 4. The number of carbonyl (C=O) groups is 2. The first-order valence-corrected chi connectivity index (χ1v) is 8.57. The van der Waals surface area contributed by atoms with Crippen LogP contribution in [0.4, 0.5) is 8.78 Å². The van der Waals surface area contributed by atoms with E-state index in [4.69, 9.17) is 21.1 Å². The second kappa shape index (κ2) is 8.63. The fourth-order valence-electron chi connectivity index (χ4n) is 3.02.